The van der Waals surface area contributed by atoms with Gasteiger partial charge < -0.3 is 19.6 Å². The molecule has 0 aromatic carbocycles. The van der Waals surface area contributed by atoms with Crippen LogP contribution in [0.2, 0.25) is 0 Å². The Bertz CT molecular complexity index is 836. The summed E-state index contributed by atoms with van der Waals surface area (Å²) in [7, 11) is 0. The van der Waals surface area contributed by atoms with Gasteiger partial charge in [0.05, 0.1) is 6.61 Å². The zero-order valence-corrected chi connectivity index (χ0v) is 13.4. The van der Waals surface area contributed by atoms with Gasteiger partial charge in [-0.1, -0.05) is 0 Å². The van der Waals surface area contributed by atoms with Gasteiger partial charge in [0.1, 0.15) is 0 Å². The number of esters is 1. The van der Waals surface area contributed by atoms with Crippen LogP contribution in [0, 0.1) is 0 Å². The number of allylic oxidation sites excluding steroid dienone is 1. The van der Waals surface area contributed by atoms with Crippen LogP contribution in [-0.2, 0) is 4.74 Å². The van der Waals surface area contributed by atoms with Gasteiger partial charge >= 0.3 is 5.97 Å². The first-order chi connectivity index (χ1) is 11.7. The summed E-state index contributed by atoms with van der Waals surface area (Å²) in [6, 6.07) is 3.68. The fourth-order valence-electron chi connectivity index (χ4n) is 2.40. The maximum absolute atomic E-state index is 12.1. The lowest BCUT2D eigenvalue weighted by Crippen LogP contribution is -2.07. The molecule has 0 bridgehead atoms. The van der Waals surface area contributed by atoms with E-state index in [4.69, 9.17) is 9.15 Å². The Labute approximate surface area is 138 Å². The van der Waals surface area contributed by atoms with Crippen molar-refractivity contribution in [2.24, 2.45) is 4.99 Å². The molecule has 7 heteroatoms. The van der Waals surface area contributed by atoms with Crippen molar-refractivity contribution in [1.82, 2.24) is 4.98 Å². The molecule has 1 aliphatic heterocycles. The molecule has 0 amide bonds. The molecule has 0 atom stereocenters. The average Bonchev–Trinajstić information content (AvgIpc) is 3.11. The molecule has 0 aliphatic carbocycles. The maximum Gasteiger partial charge on any atom is 0.347 e. The Balaban J connectivity index is 2.04. The van der Waals surface area contributed by atoms with E-state index in [1.165, 1.54) is 0 Å². The van der Waals surface area contributed by atoms with Crippen molar-refractivity contribution in [3.63, 3.8) is 0 Å². The number of aromatic hydroxyl groups is 1. The van der Waals surface area contributed by atoms with E-state index >= 15 is 0 Å². The molecule has 1 aliphatic rings. The molecule has 2 aromatic rings. The van der Waals surface area contributed by atoms with Crippen molar-refractivity contribution >= 4 is 35.5 Å². The second-order valence-electron chi connectivity index (χ2n) is 5.00. The number of fused-ring (bicyclic) bond motifs is 1. The minimum Gasteiger partial charge on any atom is -0.504 e. The molecule has 124 valence electrons. The summed E-state index contributed by atoms with van der Waals surface area (Å²) in [6.45, 7) is 4.29. The summed E-state index contributed by atoms with van der Waals surface area (Å²) in [4.78, 5) is 20.4. The van der Waals surface area contributed by atoms with Crippen LogP contribution in [0.5, 0.6) is 5.75 Å². The number of rotatable bonds is 5. The molecule has 0 saturated heterocycles. The topological polar surface area (TPSA) is 97.0 Å². The van der Waals surface area contributed by atoms with Crippen LogP contribution in [-0.4, -0.2) is 35.4 Å². The smallest absolute Gasteiger partial charge is 0.347 e. The number of carbonyl (C=O) groups excluding carboxylic acids is 1. The van der Waals surface area contributed by atoms with Crippen molar-refractivity contribution in [3.8, 4) is 5.75 Å². The summed E-state index contributed by atoms with van der Waals surface area (Å²) in [5, 5.41) is 13.3. The molecule has 2 N–H and O–H groups in total. The van der Waals surface area contributed by atoms with E-state index in [1.807, 2.05) is 13.0 Å². The number of nitrogens with zero attached hydrogens (tertiary/aromatic N) is 2. The van der Waals surface area contributed by atoms with Crippen LogP contribution in [0.4, 0.5) is 11.7 Å². The van der Waals surface area contributed by atoms with Gasteiger partial charge in [-0.2, -0.15) is 0 Å². The number of hydrogen-bond acceptors (Lipinski definition) is 7. The van der Waals surface area contributed by atoms with Gasteiger partial charge in [-0.05, 0) is 32.1 Å². The Kier molecular flexibility index (Phi) is 4.33. The fraction of sp³-hybridized carbons (Fsp3) is 0.235. The van der Waals surface area contributed by atoms with Crippen LogP contribution in [0.3, 0.4) is 0 Å². The van der Waals surface area contributed by atoms with E-state index in [9.17, 15) is 9.90 Å². The number of hydrogen-bond donors (Lipinski definition) is 2. The predicted molar refractivity (Wildman–Crippen MR) is 90.8 cm³/mol. The highest BCUT2D eigenvalue weighted by Crippen LogP contribution is 2.38. The Morgan fingerprint density at radius 2 is 2.29 bits per heavy atom. The molecule has 0 fully saturated rings. The first-order valence-electron chi connectivity index (χ1n) is 7.63. The van der Waals surface area contributed by atoms with Crippen molar-refractivity contribution in [2.45, 2.75) is 13.8 Å². The van der Waals surface area contributed by atoms with E-state index in [1.54, 1.807) is 31.5 Å². The first-order valence-corrected chi connectivity index (χ1v) is 7.63. The Morgan fingerprint density at radius 3 is 3.04 bits per heavy atom. The van der Waals surface area contributed by atoms with Gasteiger partial charge in [0.25, 0.3) is 0 Å². The van der Waals surface area contributed by atoms with Gasteiger partial charge in [-0.3, -0.25) is 0 Å². The van der Waals surface area contributed by atoms with E-state index in [0.717, 1.165) is 11.1 Å². The molecule has 24 heavy (non-hydrogen) atoms. The van der Waals surface area contributed by atoms with Crippen molar-refractivity contribution in [3.05, 3.63) is 35.2 Å². The highest BCUT2D eigenvalue weighted by atomic mass is 16.5. The molecule has 3 heterocycles. The van der Waals surface area contributed by atoms with E-state index < -0.39 is 5.97 Å². The maximum atomic E-state index is 12.1. The highest BCUT2D eigenvalue weighted by molar-refractivity contribution is 6.21. The average molecular weight is 327 g/mol. The molecule has 0 saturated carbocycles. The molecular formula is C17H17N3O4. The van der Waals surface area contributed by atoms with Gasteiger partial charge in [0.2, 0.25) is 5.88 Å². The van der Waals surface area contributed by atoms with Gasteiger partial charge in [0.15, 0.2) is 22.9 Å². The lowest BCUT2D eigenvalue weighted by molar-refractivity contribution is 0.0524. The van der Waals surface area contributed by atoms with Crippen LogP contribution >= 0.6 is 0 Å². The summed E-state index contributed by atoms with van der Waals surface area (Å²) in [6.07, 6.45) is 4.91. The number of aromatic nitrogens is 1. The number of aliphatic imine (C=N–C) groups is 1. The monoisotopic (exact) mass is 327 g/mol. The molecule has 7 nitrogen and oxygen atoms in total. The van der Waals surface area contributed by atoms with Crippen molar-refractivity contribution in [2.75, 3.05) is 18.5 Å². The number of carbonyl (C=O) groups is 1. The van der Waals surface area contributed by atoms with Gasteiger partial charge in [-0.25, -0.2) is 14.8 Å². The SMILES string of the molecule is CCNc1oc(/C=C2\C=Nc3ncccc32)c(O)c1C(=O)OCC. The van der Waals surface area contributed by atoms with E-state index in [2.05, 4.69) is 15.3 Å². The third-order valence-corrected chi connectivity index (χ3v) is 3.44. The van der Waals surface area contributed by atoms with Crippen LogP contribution < -0.4 is 5.32 Å². The molecule has 0 radical (unpaired) electrons. The lowest BCUT2D eigenvalue weighted by Gasteiger charge is -2.03. The fourth-order valence-corrected chi connectivity index (χ4v) is 2.40. The molecule has 3 rings (SSSR count). The highest BCUT2D eigenvalue weighted by Gasteiger charge is 2.26. The van der Waals surface area contributed by atoms with Crippen molar-refractivity contribution < 1.29 is 19.1 Å². The van der Waals surface area contributed by atoms with Gasteiger partial charge in [0, 0.05) is 30.1 Å². The van der Waals surface area contributed by atoms with Crippen LogP contribution in [0.25, 0.3) is 11.6 Å². The van der Waals surface area contributed by atoms with Crippen molar-refractivity contribution in [1.29, 1.82) is 0 Å². The molecule has 0 spiro atoms. The zero-order chi connectivity index (χ0) is 17.1. The van der Waals surface area contributed by atoms with Crippen LogP contribution in [0.1, 0.15) is 35.5 Å². The predicted octanol–water partition coefficient (Wildman–Crippen LogP) is 3.25. The Hall–Kier alpha value is -3.09. The second kappa shape index (κ2) is 6.57. The molecule has 0 unspecified atom stereocenters. The number of pyridine rings is 1. The molecule has 2 aromatic heterocycles. The van der Waals surface area contributed by atoms with E-state index in [0.29, 0.717) is 12.4 Å². The third-order valence-electron chi connectivity index (χ3n) is 3.44. The summed E-state index contributed by atoms with van der Waals surface area (Å²) >= 11 is 0. The minimum absolute atomic E-state index is 0.00750. The number of anilines is 1. The quantitative estimate of drug-likeness (QED) is 0.818. The molecular weight excluding hydrogens is 310 g/mol. The Morgan fingerprint density at radius 1 is 1.46 bits per heavy atom. The zero-order valence-electron chi connectivity index (χ0n) is 13.4. The second-order valence-corrected chi connectivity index (χ2v) is 5.00. The lowest BCUT2D eigenvalue weighted by atomic mass is 10.1. The number of furan rings is 1. The summed E-state index contributed by atoms with van der Waals surface area (Å²) < 4.78 is 10.6. The first kappa shape index (κ1) is 15.8. The normalized spacial score (nSPS) is 14.0. The van der Waals surface area contributed by atoms with Crippen LogP contribution in [0.15, 0.2) is 27.7 Å². The summed E-state index contributed by atoms with van der Waals surface area (Å²) in [5.74, 6) is 0.0465. The minimum atomic E-state index is -0.637. The standard InChI is InChI=1S/C17H17N3O4/c1-3-18-16-13(17(22)23-4-2)14(21)12(24-16)8-10-9-20-15-11(10)6-5-7-19-15/h5-9,18,21H,3-4H2,1-2H3/b10-8+. The largest absolute Gasteiger partial charge is 0.504 e. The van der Waals surface area contributed by atoms with E-state index in [-0.39, 0.29) is 29.6 Å². The number of nitrogens with one attached hydrogen (secondary N) is 1. The number of ether oxygens (including phenoxy) is 1. The van der Waals surface area contributed by atoms with Gasteiger partial charge in [-0.15, -0.1) is 0 Å². The third kappa shape index (κ3) is 2.76. The summed E-state index contributed by atoms with van der Waals surface area (Å²) in [5.41, 5.74) is 1.56.